The molecular formula is C20H19FN4O. The zero-order chi connectivity index (χ0) is 18.5. The first-order valence-corrected chi connectivity index (χ1v) is 8.21. The third kappa shape index (κ3) is 4.63. The van der Waals surface area contributed by atoms with Crippen LogP contribution >= 0.6 is 0 Å². The summed E-state index contributed by atoms with van der Waals surface area (Å²) in [7, 11) is 0. The van der Waals surface area contributed by atoms with Crippen LogP contribution in [0, 0.1) is 19.7 Å². The molecule has 3 rings (SSSR count). The van der Waals surface area contributed by atoms with Gasteiger partial charge in [0, 0.05) is 18.3 Å². The summed E-state index contributed by atoms with van der Waals surface area (Å²) in [5.41, 5.74) is 3.01. The summed E-state index contributed by atoms with van der Waals surface area (Å²) in [5.74, 6) is 0.449. The highest BCUT2D eigenvalue weighted by molar-refractivity contribution is 6.03. The maximum atomic E-state index is 13.0. The third-order valence-electron chi connectivity index (χ3n) is 3.77. The van der Waals surface area contributed by atoms with Crippen molar-refractivity contribution in [3.8, 4) is 0 Å². The van der Waals surface area contributed by atoms with Gasteiger partial charge in [0.15, 0.2) is 0 Å². The molecule has 0 saturated heterocycles. The summed E-state index contributed by atoms with van der Waals surface area (Å²) in [6, 6.07) is 15.3. The van der Waals surface area contributed by atoms with E-state index in [9.17, 15) is 9.18 Å². The Kier molecular flexibility index (Phi) is 5.22. The van der Waals surface area contributed by atoms with Gasteiger partial charge in [0.2, 0.25) is 0 Å². The van der Waals surface area contributed by atoms with E-state index >= 15 is 0 Å². The van der Waals surface area contributed by atoms with E-state index < -0.39 is 0 Å². The van der Waals surface area contributed by atoms with E-state index in [1.165, 1.54) is 12.1 Å². The highest BCUT2D eigenvalue weighted by Crippen LogP contribution is 2.13. The molecule has 0 aliphatic heterocycles. The molecule has 0 radical (unpaired) electrons. The molecular weight excluding hydrogens is 331 g/mol. The van der Waals surface area contributed by atoms with Crippen molar-refractivity contribution in [2.45, 2.75) is 20.4 Å². The number of aryl methyl sites for hydroxylation is 2. The van der Waals surface area contributed by atoms with Crippen LogP contribution in [0.2, 0.25) is 0 Å². The Bertz CT molecular complexity index is 908. The number of carbonyl (C=O) groups is 1. The molecule has 0 saturated carbocycles. The van der Waals surface area contributed by atoms with Crippen LogP contribution in [0.4, 0.5) is 15.9 Å². The van der Waals surface area contributed by atoms with Crippen molar-refractivity contribution in [2.24, 2.45) is 0 Å². The molecule has 26 heavy (non-hydrogen) atoms. The summed E-state index contributed by atoms with van der Waals surface area (Å²) in [6.07, 6.45) is 0. The second-order valence-electron chi connectivity index (χ2n) is 5.99. The van der Waals surface area contributed by atoms with Crippen LogP contribution in [0.1, 0.15) is 27.4 Å². The molecule has 5 nitrogen and oxygen atoms in total. The minimum atomic E-state index is -0.302. The predicted molar refractivity (Wildman–Crippen MR) is 99.6 cm³/mol. The second kappa shape index (κ2) is 7.74. The molecule has 2 aromatic carbocycles. The lowest BCUT2D eigenvalue weighted by atomic mass is 10.2. The first-order chi connectivity index (χ1) is 12.5. The Morgan fingerprint density at radius 2 is 1.69 bits per heavy atom. The van der Waals surface area contributed by atoms with Crippen molar-refractivity contribution >= 4 is 17.4 Å². The second-order valence-corrected chi connectivity index (χ2v) is 5.99. The van der Waals surface area contributed by atoms with Gasteiger partial charge in [-0.25, -0.2) is 14.4 Å². The summed E-state index contributed by atoms with van der Waals surface area (Å²) < 4.78 is 13.0. The first kappa shape index (κ1) is 17.5. The van der Waals surface area contributed by atoms with E-state index in [1.54, 1.807) is 25.1 Å². The maximum Gasteiger partial charge on any atom is 0.274 e. The minimum absolute atomic E-state index is 0.276. The number of aromatic nitrogens is 2. The van der Waals surface area contributed by atoms with Crippen LogP contribution in [-0.2, 0) is 6.54 Å². The smallest absolute Gasteiger partial charge is 0.274 e. The minimum Gasteiger partial charge on any atom is -0.366 e. The number of rotatable bonds is 5. The molecule has 0 bridgehead atoms. The van der Waals surface area contributed by atoms with Crippen LogP contribution in [0.25, 0.3) is 0 Å². The highest BCUT2D eigenvalue weighted by atomic mass is 19.1. The van der Waals surface area contributed by atoms with E-state index in [4.69, 9.17) is 0 Å². The van der Waals surface area contributed by atoms with Gasteiger partial charge in [0.25, 0.3) is 5.91 Å². The molecule has 2 N–H and O–H groups in total. The maximum absolute atomic E-state index is 13.0. The molecule has 1 heterocycles. The number of hydrogen-bond acceptors (Lipinski definition) is 4. The highest BCUT2D eigenvalue weighted by Gasteiger charge is 2.11. The number of nitrogens with zero attached hydrogens (tertiary/aromatic N) is 2. The van der Waals surface area contributed by atoms with Crippen LogP contribution in [0.15, 0.2) is 54.6 Å². The molecule has 6 heteroatoms. The van der Waals surface area contributed by atoms with Crippen molar-refractivity contribution in [2.75, 3.05) is 10.6 Å². The van der Waals surface area contributed by atoms with Crippen molar-refractivity contribution in [1.29, 1.82) is 0 Å². The fraction of sp³-hybridized carbons (Fsp3) is 0.150. The van der Waals surface area contributed by atoms with E-state index in [0.29, 0.717) is 23.9 Å². The predicted octanol–water partition coefficient (Wildman–Crippen LogP) is 4.10. The molecule has 0 aliphatic rings. The summed E-state index contributed by atoms with van der Waals surface area (Å²) in [4.78, 5) is 20.9. The Hall–Kier alpha value is -3.28. The molecule has 0 spiro atoms. The average Bonchev–Trinajstić information content (AvgIpc) is 2.63. The van der Waals surface area contributed by atoms with Gasteiger partial charge in [0.05, 0.1) is 0 Å². The molecule has 0 aliphatic carbocycles. The van der Waals surface area contributed by atoms with Gasteiger partial charge in [-0.3, -0.25) is 4.79 Å². The van der Waals surface area contributed by atoms with Gasteiger partial charge < -0.3 is 10.6 Å². The molecule has 132 valence electrons. The van der Waals surface area contributed by atoms with E-state index in [1.807, 2.05) is 31.2 Å². The Labute approximate surface area is 151 Å². The lowest BCUT2D eigenvalue weighted by molar-refractivity contribution is 0.102. The molecule has 0 unspecified atom stereocenters. The van der Waals surface area contributed by atoms with Gasteiger partial charge in [-0.2, -0.15) is 0 Å². The molecule has 1 aromatic heterocycles. The van der Waals surface area contributed by atoms with Gasteiger partial charge in [-0.05, 0) is 43.7 Å². The normalized spacial score (nSPS) is 10.4. The quantitative estimate of drug-likeness (QED) is 0.727. The lowest BCUT2D eigenvalue weighted by Crippen LogP contribution is -2.15. The van der Waals surface area contributed by atoms with Crippen molar-refractivity contribution < 1.29 is 9.18 Å². The van der Waals surface area contributed by atoms with Crippen LogP contribution < -0.4 is 10.6 Å². The van der Waals surface area contributed by atoms with Crippen molar-refractivity contribution in [3.05, 3.63) is 83.1 Å². The molecule has 0 fully saturated rings. The number of amides is 1. The Balaban J connectivity index is 1.71. The number of nitrogens with one attached hydrogen (secondary N) is 2. The molecule has 0 atom stereocenters. The fourth-order valence-corrected chi connectivity index (χ4v) is 2.40. The van der Waals surface area contributed by atoms with Crippen molar-refractivity contribution in [1.82, 2.24) is 9.97 Å². The standard InChI is InChI=1S/C20H19FN4O/c1-13-3-9-17(10-4-13)25-20(26)18-11-19(24-14(2)23-18)22-12-15-5-7-16(21)8-6-15/h3-11H,12H2,1-2H3,(H,25,26)(H,22,23,24). The summed E-state index contributed by atoms with van der Waals surface area (Å²) >= 11 is 0. The monoisotopic (exact) mass is 350 g/mol. The van der Waals surface area contributed by atoms with Gasteiger partial charge >= 0.3 is 0 Å². The number of anilines is 2. The first-order valence-electron chi connectivity index (χ1n) is 8.21. The van der Waals surface area contributed by atoms with Gasteiger partial charge in [-0.1, -0.05) is 29.8 Å². The van der Waals surface area contributed by atoms with E-state index in [0.717, 1.165) is 11.1 Å². The third-order valence-corrected chi connectivity index (χ3v) is 3.77. The zero-order valence-corrected chi connectivity index (χ0v) is 14.6. The number of benzene rings is 2. The Morgan fingerprint density at radius 3 is 2.38 bits per heavy atom. The van der Waals surface area contributed by atoms with Crippen molar-refractivity contribution in [3.63, 3.8) is 0 Å². The van der Waals surface area contributed by atoms with Crippen LogP contribution in [-0.4, -0.2) is 15.9 Å². The van der Waals surface area contributed by atoms with Crippen LogP contribution in [0.5, 0.6) is 0 Å². The topological polar surface area (TPSA) is 66.9 Å². The number of hydrogen-bond donors (Lipinski definition) is 2. The lowest BCUT2D eigenvalue weighted by Gasteiger charge is -2.09. The van der Waals surface area contributed by atoms with Crippen LogP contribution in [0.3, 0.4) is 0 Å². The van der Waals surface area contributed by atoms with Gasteiger partial charge in [-0.15, -0.1) is 0 Å². The molecule has 1 amide bonds. The summed E-state index contributed by atoms with van der Waals surface area (Å²) in [6.45, 7) is 4.18. The average molecular weight is 350 g/mol. The number of carbonyl (C=O) groups excluding carboxylic acids is 1. The number of halogens is 1. The van der Waals surface area contributed by atoms with Gasteiger partial charge in [0.1, 0.15) is 23.2 Å². The molecule has 3 aromatic rings. The summed E-state index contributed by atoms with van der Waals surface area (Å²) in [5, 5.41) is 5.96. The SMILES string of the molecule is Cc1ccc(NC(=O)c2cc(NCc3ccc(F)cc3)nc(C)n2)cc1. The van der Waals surface area contributed by atoms with E-state index in [2.05, 4.69) is 20.6 Å². The zero-order valence-electron chi connectivity index (χ0n) is 14.6. The largest absolute Gasteiger partial charge is 0.366 e. The van der Waals surface area contributed by atoms with E-state index in [-0.39, 0.29) is 17.4 Å². The fourth-order valence-electron chi connectivity index (χ4n) is 2.40. The Morgan fingerprint density at radius 1 is 1.00 bits per heavy atom.